The molecule has 0 amide bonds. The number of aliphatic carboxylic acids is 3. The summed E-state index contributed by atoms with van der Waals surface area (Å²) < 4.78 is 5.70. The number of carboxylic acids is 3. The van der Waals surface area contributed by atoms with Crippen LogP contribution in [-0.4, -0.2) is 132 Å². The minimum Gasteiger partial charge on any atom is -0.480 e. The molecule has 0 radical (unpaired) electrons. The summed E-state index contributed by atoms with van der Waals surface area (Å²) in [5.74, 6) is -2.93. The fraction of sp³-hybridized carbons (Fsp3) is 0.583. The molecule has 0 unspecified atom stereocenters. The summed E-state index contributed by atoms with van der Waals surface area (Å²) >= 11 is 5.33. The maximum atomic E-state index is 11.7. The lowest BCUT2D eigenvalue weighted by Gasteiger charge is -2.36. The van der Waals surface area contributed by atoms with E-state index in [1.807, 2.05) is 29.2 Å². The highest BCUT2D eigenvalue weighted by Crippen LogP contribution is 2.16. The smallest absolute Gasteiger partial charge is 0.317 e. The summed E-state index contributed by atoms with van der Waals surface area (Å²) in [5, 5.41) is 31.5. The van der Waals surface area contributed by atoms with Crippen molar-refractivity contribution in [2.24, 2.45) is 0 Å². The molecular formula is C24H37BN4O7S. The van der Waals surface area contributed by atoms with Crippen LogP contribution < -0.4 is 5.32 Å². The van der Waals surface area contributed by atoms with Crippen molar-refractivity contribution in [2.45, 2.75) is 25.7 Å². The van der Waals surface area contributed by atoms with Gasteiger partial charge in [-0.15, -0.1) is 0 Å². The zero-order chi connectivity index (χ0) is 27.2. The Hall–Kier alpha value is -2.58. The summed E-state index contributed by atoms with van der Waals surface area (Å²) in [4.78, 5) is 40.6. The van der Waals surface area contributed by atoms with E-state index in [4.69, 9.17) is 17.0 Å². The number of ether oxygens (including phenoxy) is 1. The maximum absolute atomic E-state index is 11.7. The van der Waals surface area contributed by atoms with Crippen LogP contribution in [0.25, 0.3) is 0 Å². The Bertz CT molecular complexity index is 906. The van der Waals surface area contributed by atoms with Crippen LogP contribution in [0.3, 0.4) is 0 Å². The Morgan fingerprint density at radius 1 is 0.946 bits per heavy atom. The monoisotopic (exact) mass is 536 g/mol. The van der Waals surface area contributed by atoms with E-state index in [2.05, 4.69) is 12.2 Å². The number of carboxylic acid groups (broad SMARTS) is 3. The van der Waals surface area contributed by atoms with Crippen LogP contribution in [0, 0.1) is 0 Å². The Kier molecular flexibility index (Phi) is 13.5. The van der Waals surface area contributed by atoms with E-state index in [1.54, 1.807) is 9.80 Å². The van der Waals surface area contributed by atoms with Gasteiger partial charge < -0.3 is 25.4 Å². The summed E-state index contributed by atoms with van der Waals surface area (Å²) in [6, 6.07) is 7.47. The number of hydrogen-bond donors (Lipinski definition) is 4. The van der Waals surface area contributed by atoms with Gasteiger partial charge in [-0.05, 0) is 24.1 Å². The maximum Gasteiger partial charge on any atom is 0.317 e. The Morgan fingerprint density at radius 3 is 2.16 bits per heavy atom. The molecule has 0 aliphatic carbocycles. The van der Waals surface area contributed by atoms with Crippen LogP contribution in [0.2, 0.25) is 6.32 Å². The lowest BCUT2D eigenvalue weighted by Crippen LogP contribution is -2.51. The van der Waals surface area contributed by atoms with Crippen LogP contribution >= 0.6 is 12.2 Å². The SMILES string of the molecule is CCBC(=S)Nc1ccc(C[C@H]2CN(CC(=O)O)CCN(CC(=O)O)CCOCCN2CC(=O)O)cc1. The van der Waals surface area contributed by atoms with E-state index in [1.165, 1.54) is 0 Å². The van der Waals surface area contributed by atoms with E-state index < -0.39 is 17.9 Å². The third-order valence-electron chi connectivity index (χ3n) is 6.03. The van der Waals surface area contributed by atoms with E-state index in [0.29, 0.717) is 45.8 Å². The lowest BCUT2D eigenvalue weighted by atomic mass is 9.75. The highest BCUT2D eigenvalue weighted by atomic mass is 32.1. The van der Waals surface area contributed by atoms with Crippen molar-refractivity contribution in [3.8, 4) is 0 Å². The van der Waals surface area contributed by atoms with Crippen LogP contribution in [0.1, 0.15) is 12.5 Å². The van der Waals surface area contributed by atoms with E-state index >= 15 is 0 Å². The molecule has 1 aromatic rings. The third-order valence-corrected chi connectivity index (χ3v) is 6.34. The summed E-state index contributed by atoms with van der Waals surface area (Å²) in [7, 11) is 0.800. The van der Waals surface area contributed by atoms with Gasteiger partial charge in [0.15, 0.2) is 7.28 Å². The summed E-state index contributed by atoms with van der Waals surface area (Å²) in [5.41, 5.74) is 1.85. The number of nitrogens with zero attached hydrogens (tertiary/aromatic N) is 3. The van der Waals surface area contributed by atoms with Gasteiger partial charge in [0.2, 0.25) is 0 Å². The molecule has 2 rings (SSSR count). The Balaban J connectivity index is 2.25. The molecule has 0 bridgehead atoms. The summed E-state index contributed by atoms with van der Waals surface area (Å²) in [6.45, 7) is 3.76. The topological polar surface area (TPSA) is 143 Å². The van der Waals surface area contributed by atoms with E-state index in [9.17, 15) is 29.7 Å². The fourth-order valence-corrected chi connectivity index (χ4v) is 4.59. The molecule has 0 spiro atoms. The summed E-state index contributed by atoms with van der Waals surface area (Å²) in [6.07, 6.45) is 1.46. The van der Waals surface area contributed by atoms with Gasteiger partial charge >= 0.3 is 17.9 Å². The number of rotatable bonds is 11. The van der Waals surface area contributed by atoms with Crippen molar-refractivity contribution in [3.63, 3.8) is 0 Å². The highest BCUT2D eigenvalue weighted by Gasteiger charge is 2.26. The second-order valence-electron chi connectivity index (χ2n) is 9.13. The molecular weight excluding hydrogens is 499 g/mol. The molecule has 0 aromatic heterocycles. The largest absolute Gasteiger partial charge is 0.480 e. The van der Waals surface area contributed by atoms with Gasteiger partial charge in [-0.1, -0.05) is 37.6 Å². The standard InChI is InChI=1S/C24H37BN4O7S/c1-2-25-24(37)26-19-5-3-18(4-6-19)13-20-14-28(16-22(32)33)8-7-27(15-21(30)31)9-11-36-12-10-29(20)17-23(34)35/h3-6,20,25H,2,7-17H2,1H3,(H,26,37)(H,30,31)(H,32,33)(H,34,35)/t20-/m0/s1. The minimum absolute atomic E-state index is 0.166. The van der Waals surface area contributed by atoms with Crippen LogP contribution in [0.4, 0.5) is 5.69 Å². The van der Waals surface area contributed by atoms with Crippen molar-refractivity contribution < 1.29 is 34.4 Å². The number of thiocarbonyl (C=S) groups is 1. The van der Waals surface area contributed by atoms with E-state index in [0.717, 1.165) is 29.7 Å². The number of anilines is 1. The molecule has 1 aliphatic rings. The predicted octanol–water partition coefficient (Wildman–Crippen LogP) is 0.359. The van der Waals surface area contributed by atoms with Crippen LogP contribution in [-0.2, 0) is 25.5 Å². The molecule has 11 nitrogen and oxygen atoms in total. The first kappa shape index (κ1) is 30.6. The zero-order valence-corrected chi connectivity index (χ0v) is 22.1. The van der Waals surface area contributed by atoms with Gasteiger partial charge in [0.05, 0.1) is 32.8 Å². The van der Waals surface area contributed by atoms with Gasteiger partial charge in [-0.25, -0.2) is 0 Å². The third kappa shape index (κ3) is 12.5. The normalized spacial score (nSPS) is 18.8. The van der Waals surface area contributed by atoms with Gasteiger partial charge in [-0.3, -0.25) is 29.1 Å². The molecule has 1 aromatic carbocycles. The van der Waals surface area contributed by atoms with Crippen LogP contribution in [0.15, 0.2) is 24.3 Å². The number of hydrogen-bond acceptors (Lipinski definition) is 8. The molecule has 1 saturated heterocycles. The molecule has 1 heterocycles. The predicted molar refractivity (Wildman–Crippen MR) is 146 cm³/mol. The lowest BCUT2D eigenvalue weighted by molar-refractivity contribution is -0.141. The highest BCUT2D eigenvalue weighted by molar-refractivity contribution is 7.83. The molecule has 4 N–H and O–H groups in total. The number of nitrogens with one attached hydrogen (secondary N) is 1. The van der Waals surface area contributed by atoms with Gasteiger partial charge in [0.25, 0.3) is 0 Å². The molecule has 1 fully saturated rings. The van der Waals surface area contributed by atoms with Crippen molar-refractivity contribution in [1.82, 2.24) is 14.7 Å². The number of benzene rings is 1. The molecule has 37 heavy (non-hydrogen) atoms. The average molecular weight is 536 g/mol. The minimum atomic E-state index is -0.998. The Morgan fingerprint density at radius 2 is 1.54 bits per heavy atom. The molecule has 13 heteroatoms. The van der Waals surface area contributed by atoms with Gasteiger partial charge in [-0.2, -0.15) is 0 Å². The quantitative estimate of drug-likeness (QED) is 0.229. The molecule has 1 aliphatic heterocycles. The zero-order valence-electron chi connectivity index (χ0n) is 21.3. The second kappa shape index (κ2) is 16.3. The average Bonchev–Trinajstić information content (AvgIpc) is 2.80. The molecule has 0 saturated carbocycles. The van der Waals surface area contributed by atoms with Gasteiger partial charge in [0, 0.05) is 49.3 Å². The van der Waals surface area contributed by atoms with Crippen molar-refractivity contribution in [1.29, 1.82) is 0 Å². The van der Waals surface area contributed by atoms with Gasteiger partial charge in [0.1, 0.15) is 0 Å². The van der Waals surface area contributed by atoms with Crippen LogP contribution in [0.5, 0.6) is 0 Å². The van der Waals surface area contributed by atoms with Crippen molar-refractivity contribution in [3.05, 3.63) is 29.8 Å². The Labute approximate surface area is 223 Å². The number of carbonyl (C=O) groups is 3. The first-order valence-electron chi connectivity index (χ1n) is 12.5. The first-order chi connectivity index (χ1) is 17.7. The van der Waals surface area contributed by atoms with Crippen molar-refractivity contribution in [2.75, 3.05) is 70.9 Å². The first-order valence-corrected chi connectivity index (χ1v) is 12.9. The molecule has 204 valence electrons. The second-order valence-corrected chi connectivity index (χ2v) is 9.62. The van der Waals surface area contributed by atoms with E-state index in [-0.39, 0.29) is 32.3 Å². The fourth-order valence-electron chi connectivity index (χ4n) is 4.27. The molecule has 1 atom stereocenters. The van der Waals surface area contributed by atoms with Crippen molar-refractivity contribution >= 4 is 48.0 Å².